The Morgan fingerprint density at radius 1 is 1.00 bits per heavy atom. The molecule has 0 heterocycles. The van der Waals surface area contributed by atoms with E-state index >= 15 is 0 Å². The Hall–Kier alpha value is -0.790. The SMILES string of the molecule is C=COC(C)=O.CCCCCCCCCC. The van der Waals surface area contributed by atoms with Crippen LogP contribution in [0.2, 0.25) is 0 Å². The molecule has 2 nitrogen and oxygen atoms in total. The highest BCUT2D eigenvalue weighted by Gasteiger charge is 1.87. The summed E-state index contributed by atoms with van der Waals surface area (Å²) in [5, 5.41) is 0. The first-order valence-corrected chi connectivity index (χ1v) is 6.47. The molecule has 0 N–H and O–H groups in total. The van der Waals surface area contributed by atoms with Crippen molar-refractivity contribution in [3.63, 3.8) is 0 Å². The van der Waals surface area contributed by atoms with E-state index < -0.39 is 0 Å². The average Bonchev–Trinajstić information content (AvgIpc) is 2.24. The van der Waals surface area contributed by atoms with Crippen molar-refractivity contribution in [1.82, 2.24) is 0 Å². The molecule has 0 rings (SSSR count). The van der Waals surface area contributed by atoms with Gasteiger partial charge in [0.1, 0.15) is 0 Å². The minimum absolute atomic E-state index is 0.329. The molecule has 0 aromatic carbocycles. The highest BCUT2D eigenvalue weighted by atomic mass is 16.5. The molecular weight excluding hydrogens is 200 g/mol. The third kappa shape index (κ3) is 23.2. The topological polar surface area (TPSA) is 26.3 Å². The van der Waals surface area contributed by atoms with Gasteiger partial charge in [-0.25, -0.2) is 0 Å². The second-order valence-corrected chi connectivity index (χ2v) is 3.90. The van der Waals surface area contributed by atoms with Gasteiger partial charge in [-0.2, -0.15) is 0 Å². The highest BCUT2D eigenvalue weighted by molar-refractivity contribution is 5.66. The van der Waals surface area contributed by atoms with E-state index in [1.807, 2.05) is 0 Å². The summed E-state index contributed by atoms with van der Waals surface area (Å²) >= 11 is 0. The zero-order valence-electron chi connectivity index (χ0n) is 11.3. The maximum absolute atomic E-state index is 9.75. The largest absolute Gasteiger partial charge is 0.435 e. The number of carbonyl (C=O) groups is 1. The maximum Gasteiger partial charge on any atom is 0.307 e. The van der Waals surface area contributed by atoms with Gasteiger partial charge in [-0.15, -0.1) is 0 Å². The molecule has 0 radical (unpaired) electrons. The minimum atomic E-state index is -0.329. The molecule has 0 aliphatic heterocycles. The predicted octanol–water partition coefficient (Wildman–Crippen LogP) is 4.84. The monoisotopic (exact) mass is 228 g/mol. The van der Waals surface area contributed by atoms with Crippen molar-refractivity contribution in [2.24, 2.45) is 0 Å². The molecule has 0 atom stereocenters. The van der Waals surface area contributed by atoms with Crippen LogP contribution >= 0.6 is 0 Å². The van der Waals surface area contributed by atoms with Gasteiger partial charge < -0.3 is 4.74 Å². The summed E-state index contributed by atoms with van der Waals surface area (Å²) in [6.07, 6.45) is 12.6. The lowest BCUT2D eigenvalue weighted by Crippen LogP contribution is -1.87. The third-order valence-electron chi connectivity index (χ3n) is 2.21. The number of hydrogen-bond acceptors (Lipinski definition) is 2. The van der Waals surface area contributed by atoms with Gasteiger partial charge >= 0.3 is 5.97 Å². The van der Waals surface area contributed by atoms with Gasteiger partial charge in [0.25, 0.3) is 0 Å². The van der Waals surface area contributed by atoms with Crippen LogP contribution in [0.5, 0.6) is 0 Å². The molecular formula is C14H28O2. The summed E-state index contributed by atoms with van der Waals surface area (Å²) in [7, 11) is 0. The van der Waals surface area contributed by atoms with Crippen molar-refractivity contribution in [2.75, 3.05) is 0 Å². The molecule has 0 aromatic heterocycles. The fourth-order valence-electron chi connectivity index (χ4n) is 1.32. The van der Waals surface area contributed by atoms with Gasteiger partial charge in [-0.1, -0.05) is 71.8 Å². The maximum atomic E-state index is 9.75. The molecule has 0 aliphatic rings. The van der Waals surface area contributed by atoms with E-state index in [1.165, 1.54) is 58.3 Å². The first-order chi connectivity index (χ1) is 7.68. The van der Waals surface area contributed by atoms with Crippen molar-refractivity contribution in [2.45, 2.75) is 72.1 Å². The molecule has 0 saturated heterocycles. The van der Waals surface area contributed by atoms with Crippen LogP contribution in [0.4, 0.5) is 0 Å². The Morgan fingerprint density at radius 2 is 1.38 bits per heavy atom. The van der Waals surface area contributed by atoms with Gasteiger partial charge in [-0.3, -0.25) is 4.79 Å². The fraction of sp³-hybridized carbons (Fsp3) is 0.786. The Balaban J connectivity index is 0. The van der Waals surface area contributed by atoms with Crippen LogP contribution < -0.4 is 0 Å². The van der Waals surface area contributed by atoms with Crippen LogP contribution in [0.25, 0.3) is 0 Å². The number of hydrogen-bond donors (Lipinski definition) is 0. The molecule has 0 bridgehead atoms. The molecule has 0 aromatic rings. The summed E-state index contributed by atoms with van der Waals surface area (Å²) in [4.78, 5) is 9.75. The lowest BCUT2D eigenvalue weighted by molar-refractivity contribution is -0.135. The second-order valence-electron chi connectivity index (χ2n) is 3.90. The van der Waals surface area contributed by atoms with Crippen molar-refractivity contribution in [3.05, 3.63) is 12.8 Å². The van der Waals surface area contributed by atoms with E-state index in [-0.39, 0.29) is 5.97 Å². The normalized spacial score (nSPS) is 8.94. The molecule has 16 heavy (non-hydrogen) atoms. The highest BCUT2D eigenvalue weighted by Crippen LogP contribution is 2.07. The van der Waals surface area contributed by atoms with Crippen molar-refractivity contribution in [3.8, 4) is 0 Å². The summed E-state index contributed by atoms with van der Waals surface area (Å²) in [5.41, 5.74) is 0. The fourth-order valence-corrected chi connectivity index (χ4v) is 1.32. The standard InChI is InChI=1S/C10H22.C4H6O2/c1-3-5-7-9-10-8-6-4-2;1-3-6-4(2)5/h3-10H2,1-2H3;3H,1H2,2H3. The second kappa shape index (κ2) is 16.6. The number of rotatable bonds is 8. The van der Waals surface area contributed by atoms with Gasteiger partial charge in [0.05, 0.1) is 6.26 Å². The average molecular weight is 228 g/mol. The first kappa shape index (κ1) is 17.6. The molecule has 0 aliphatic carbocycles. The third-order valence-corrected chi connectivity index (χ3v) is 2.21. The Bertz CT molecular complexity index is 145. The summed E-state index contributed by atoms with van der Waals surface area (Å²) in [5.74, 6) is -0.329. The molecule has 0 saturated carbocycles. The van der Waals surface area contributed by atoms with Crippen molar-refractivity contribution >= 4 is 5.97 Å². The summed E-state index contributed by atoms with van der Waals surface area (Å²) in [6, 6.07) is 0. The zero-order chi connectivity index (χ0) is 12.6. The van der Waals surface area contributed by atoms with E-state index in [4.69, 9.17) is 0 Å². The van der Waals surface area contributed by atoms with Crippen molar-refractivity contribution < 1.29 is 9.53 Å². The smallest absolute Gasteiger partial charge is 0.307 e. The zero-order valence-corrected chi connectivity index (χ0v) is 11.3. The van der Waals surface area contributed by atoms with Crippen molar-refractivity contribution in [1.29, 1.82) is 0 Å². The van der Waals surface area contributed by atoms with Gasteiger partial charge in [0.15, 0.2) is 0 Å². The Labute approximate surface area is 101 Å². The molecule has 0 spiro atoms. The van der Waals surface area contributed by atoms with E-state index in [9.17, 15) is 4.79 Å². The van der Waals surface area contributed by atoms with E-state index in [1.54, 1.807) is 0 Å². The van der Waals surface area contributed by atoms with E-state index in [0.29, 0.717) is 0 Å². The van der Waals surface area contributed by atoms with E-state index in [2.05, 4.69) is 25.2 Å². The lowest BCUT2D eigenvalue weighted by atomic mass is 10.1. The minimum Gasteiger partial charge on any atom is -0.435 e. The van der Waals surface area contributed by atoms with Crippen LogP contribution in [-0.4, -0.2) is 5.97 Å². The summed E-state index contributed by atoms with van der Waals surface area (Å²) < 4.78 is 4.17. The van der Waals surface area contributed by atoms with Crippen LogP contribution in [0.15, 0.2) is 12.8 Å². The summed E-state index contributed by atoms with van der Waals surface area (Å²) in [6.45, 7) is 9.02. The molecule has 0 amide bonds. The molecule has 0 unspecified atom stereocenters. The molecule has 0 fully saturated rings. The molecule has 2 heteroatoms. The Morgan fingerprint density at radius 3 is 1.56 bits per heavy atom. The van der Waals surface area contributed by atoms with Gasteiger partial charge in [0, 0.05) is 6.92 Å². The Kier molecular flexibility index (Phi) is 18.3. The number of ether oxygens (including phenoxy) is 1. The van der Waals surface area contributed by atoms with Crippen LogP contribution in [0, 0.1) is 0 Å². The number of unbranched alkanes of at least 4 members (excludes halogenated alkanes) is 7. The first-order valence-electron chi connectivity index (χ1n) is 6.47. The lowest BCUT2D eigenvalue weighted by Gasteiger charge is -1.97. The molecule has 96 valence electrons. The predicted molar refractivity (Wildman–Crippen MR) is 70.2 cm³/mol. The van der Waals surface area contributed by atoms with Crippen LogP contribution in [-0.2, 0) is 9.53 Å². The van der Waals surface area contributed by atoms with Gasteiger partial charge in [-0.05, 0) is 0 Å². The van der Waals surface area contributed by atoms with Gasteiger partial charge in [0.2, 0.25) is 0 Å². The number of esters is 1. The van der Waals surface area contributed by atoms with E-state index in [0.717, 1.165) is 6.26 Å². The van der Waals surface area contributed by atoms with Crippen LogP contribution in [0.1, 0.15) is 72.1 Å². The quantitative estimate of drug-likeness (QED) is 0.337. The number of carbonyl (C=O) groups excluding carboxylic acids is 1. The van der Waals surface area contributed by atoms with Crippen LogP contribution in [0.3, 0.4) is 0 Å².